The predicted octanol–water partition coefficient (Wildman–Crippen LogP) is 5.32. The van der Waals surface area contributed by atoms with Gasteiger partial charge in [0.1, 0.15) is 5.75 Å². The van der Waals surface area contributed by atoms with Crippen molar-refractivity contribution in [2.45, 2.75) is 71.8 Å². The summed E-state index contributed by atoms with van der Waals surface area (Å²) >= 11 is 0. The molecule has 0 atom stereocenters. The molecule has 0 bridgehead atoms. The lowest BCUT2D eigenvalue weighted by Gasteiger charge is -2.16. The van der Waals surface area contributed by atoms with Gasteiger partial charge in [-0.15, -0.1) is 0 Å². The zero-order valence-corrected chi connectivity index (χ0v) is 26.5. The first-order valence-electron chi connectivity index (χ1n) is 15.6. The van der Waals surface area contributed by atoms with Gasteiger partial charge in [-0.25, -0.2) is 0 Å². The van der Waals surface area contributed by atoms with Gasteiger partial charge >= 0.3 is 0 Å². The molecule has 0 saturated carbocycles. The lowest BCUT2D eigenvalue weighted by atomic mass is 10.0. The quantitative estimate of drug-likeness (QED) is 0.0983. The van der Waals surface area contributed by atoms with E-state index in [1.165, 1.54) is 50.5 Å². The van der Waals surface area contributed by atoms with E-state index in [9.17, 15) is 9.90 Å². The van der Waals surface area contributed by atoms with Crippen LogP contribution in [0.15, 0.2) is 30.4 Å². The van der Waals surface area contributed by atoms with Crippen molar-refractivity contribution in [2.75, 3.05) is 86.3 Å². The Hall–Kier alpha value is -2.01. The van der Waals surface area contributed by atoms with Crippen molar-refractivity contribution >= 4 is 5.91 Å². The van der Waals surface area contributed by atoms with Crippen LogP contribution in [-0.4, -0.2) is 102 Å². The van der Waals surface area contributed by atoms with E-state index in [0.717, 1.165) is 12.0 Å². The minimum Gasteiger partial charge on any atom is -0.508 e. The highest BCUT2D eigenvalue weighted by atomic mass is 16.6. The van der Waals surface area contributed by atoms with Crippen molar-refractivity contribution in [1.29, 1.82) is 0 Å². The van der Waals surface area contributed by atoms with Crippen LogP contribution >= 0.6 is 0 Å². The van der Waals surface area contributed by atoms with Crippen LogP contribution in [0.1, 0.15) is 69.9 Å². The van der Waals surface area contributed by atoms with Gasteiger partial charge in [-0.05, 0) is 37.5 Å². The van der Waals surface area contributed by atoms with E-state index in [0.29, 0.717) is 91.4 Å². The van der Waals surface area contributed by atoms with Crippen LogP contribution in [-0.2, 0) is 46.2 Å². The number of hydrogen-bond acceptors (Lipinski definition) is 8. The molecular formula is C33H57NO8. The average molecular weight is 596 g/mol. The van der Waals surface area contributed by atoms with Gasteiger partial charge in [0.25, 0.3) is 0 Å². The van der Waals surface area contributed by atoms with Crippen LogP contribution < -0.4 is 0 Å². The molecule has 1 aromatic rings. The third-order valence-corrected chi connectivity index (χ3v) is 6.61. The first-order valence-corrected chi connectivity index (χ1v) is 15.6. The Bertz CT molecular complexity index is 819. The van der Waals surface area contributed by atoms with Gasteiger partial charge in [-0.2, -0.15) is 0 Å². The highest BCUT2D eigenvalue weighted by Crippen LogP contribution is 2.21. The Morgan fingerprint density at radius 3 is 1.74 bits per heavy atom. The van der Waals surface area contributed by atoms with Crippen molar-refractivity contribution < 1.29 is 38.3 Å². The Morgan fingerprint density at radius 2 is 1.21 bits per heavy atom. The maximum Gasteiger partial charge on any atom is 0.248 e. The summed E-state index contributed by atoms with van der Waals surface area (Å²) in [5, 5.41) is 10.2. The molecule has 0 aliphatic rings. The number of ether oxygens (including phenoxy) is 6. The van der Waals surface area contributed by atoms with Crippen molar-refractivity contribution in [3.05, 3.63) is 41.5 Å². The molecule has 0 aliphatic carbocycles. The number of hydrogen-bond donors (Lipinski definition) is 1. The smallest absolute Gasteiger partial charge is 0.248 e. The summed E-state index contributed by atoms with van der Waals surface area (Å²) < 4.78 is 33.2. The lowest BCUT2D eigenvalue weighted by Crippen LogP contribution is -2.30. The number of carbonyl (C=O) groups is 1. The second-order valence-electron chi connectivity index (χ2n) is 10.5. The fraction of sp³-hybridized carbons (Fsp3) is 0.727. The highest BCUT2D eigenvalue weighted by Gasteiger charge is 2.08. The number of likely N-dealkylation sites (N-methyl/N-ethyl adjacent to an activating group) is 1. The molecule has 1 N–H and O–H groups in total. The topological polar surface area (TPSA) is 95.9 Å². The summed E-state index contributed by atoms with van der Waals surface area (Å²) in [6.07, 6.45) is 10.1. The van der Waals surface area contributed by atoms with E-state index in [2.05, 4.69) is 19.6 Å². The van der Waals surface area contributed by atoms with E-state index >= 15 is 0 Å². The number of nitrogens with zero attached hydrogens (tertiary/aromatic N) is 1. The molecule has 9 nitrogen and oxygen atoms in total. The molecule has 9 heteroatoms. The standard InChI is InChI=1S/C33H57NO8/c1-5-6-7-8-9-10-11-12-30-13-14-32(35)31(27-30)28-42-26-25-41-24-23-40-22-21-39-20-19-38-18-17-37-16-15-34(4)33(36)29(2)3/h13-14,27,35H,2,5-12,15-26,28H2,1,3-4H3. The van der Waals surface area contributed by atoms with Gasteiger partial charge in [0.15, 0.2) is 0 Å². The zero-order valence-electron chi connectivity index (χ0n) is 26.5. The molecule has 0 aromatic heterocycles. The SMILES string of the molecule is C=C(C)C(=O)N(C)CCOCCOCCOCCOCCOCCOCc1cc(CCCCCCCCC)ccc1O. The van der Waals surface area contributed by atoms with Crippen LogP contribution in [0.3, 0.4) is 0 Å². The third-order valence-electron chi connectivity index (χ3n) is 6.61. The molecule has 1 aromatic carbocycles. The predicted molar refractivity (Wildman–Crippen MR) is 166 cm³/mol. The number of unbranched alkanes of at least 4 members (excludes halogenated alkanes) is 6. The summed E-state index contributed by atoms with van der Waals surface area (Å²) in [4.78, 5) is 13.3. The van der Waals surface area contributed by atoms with E-state index in [-0.39, 0.29) is 11.7 Å². The molecule has 0 spiro atoms. The molecule has 0 unspecified atom stereocenters. The molecule has 0 saturated heterocycles. The second-order valence-corrected chi connectivity index (χ2v) is 10.5. The number of rotatable bonds is 29. The van der Waals surface area contributed by atoms with Gasteiger partial charge in [-0.1, -0.05) is 58.1 Å². The van der Waals surface area contributed by atoms with Crippen molar-refractivity contribution in [1.82, 2.24) is 4.90 Å². The summed E-state index contributed by atoms with van der Waals surface area (Å²) in [5.74, 6) is 0.209. The Balaban J connectivity index is 1.88. The van der Waals surface area contributed by atoms with Gasteiger partial charge < -0.3 is 38.4 Å². The number of phenolic OH excluding ortho intramolecular Hbond substituents is 1. The molecule has 1 amide bonds. The Kier molecular flexibility index (Phi) is 24.1. The van der Waals surface area contributed by atoms with E-state index in [1.807, 2.05) is 6.07 Å². The third kappa shape index (κ3) is 20.8. The number of carbonyl (C=O) groups excluding carboxylic acids is 1. The van der Waals surface area contributed by atoms with Gasteiger partial charge in [-0.3, -0.25) is 4.79 Å². The number of amides is 1. The van der Waals surface area contributed by atoms with Gasteiger partial charge in [0.05, 0.1) is 79.3 Å². The summed E-state index contributed by atoms with van der Waals surface area (Å²) in [7, 11) is 1.73. The normalized spacial score (nSPS) is 11.2. The zero-order chi connectivity index (χ0) is 30.7. The largest absolute Gasteiger partial charge is 0.508 e. The minimum absolute atomic E-state index is 0.0720. The lowest BCUT2D eigenvalue weighted by molar-refractivity contribution is -0.126. The molecular weight excluding hydrogens is 538 g/mol. The molecule has 42 heavy (non-hydrogen) atoms. The number of aryl methyl sites for hydroxylation is 1. The van der Waals surface area contributed by atoms with Crippen LogP contribution in [0.5, 0.6) is 5.75 Å². The van der Waals surface area contributed by atoms with E-state index in [4.69, 9.17) is 28.4 Å². The highest BCUT2D eigenvalue weighted by molar-refractivity contribution is 5.91. The average Bonchev–Trinajstić information content (AvgIpc) is 2.98. The Labute approximate surface area is 254 Å². The molecule has 0 heterocycles. The van der Waals surface area contributed by atoms with Gasteiger partial charge in [0, 0.05) is 24.7 Å². The molecule has 242 valence electrons. The van der Waals surface area contributed by atoms with Gasteiger partial charge in [0.2, 0.25) is 5.91 Å². The van der Waals surface area contributed by atoms with E-state index < -0.39 is 0 Å². The molecule has 1 rings (SSSR count). The monoisotopic (exact) mass is 595 g/mol. The maximum atomic E-state index is 11.7. The van der Waals surface area contributed by atoms with Crippen molar-refractivity contribution in [3.8, 4) is 5.75 Å². The summed E-state index contributed by atoms with van der Waals surface area (Å²) in [5.41, 5.74) is 2.60. The Morgan fingerprint density at radius 1 is 0.738 bits per heavy atom. The first-order chi connectivity index (χ1) is 20.5. The van der Waals surface area contributed by atoms with Crippen LogP contribution in [0.4, 0.5) is 0 Å². The number of benzene rings is 1. The summed E-state index contributed by atoms with van der Waals surface area (Å²) in [6, 6.07) is 5.84. The van der Waals surface area contributed by atoms with E-state index in [1.54, 1.807) is 24.9 Å². The number of phenols is 1. The fourth-order valence-electron chi connectivity index (χ4n) is 4.11. The van der Waals surface area contributed by atoms with Crippen LogP contribution in [0, 0.1) is 0 Å². The van der Waals surface area contributed by atoms with Crippen LogP contribution in [0.25, 0.3) is 0 Å². The number of aromatic hydroxyl groups is 1. The van der Waals surface area contributed by atoms with Crippen LogP contribution in [0.2, 0.25) is 0 Å². The van der Waals surface area contributed by atoms with Crippen molar-refractivity contribution in [2.24, 2.45) is 0 Å². The molecule has 0 fully saturated rings. The first kappa shape index (κ1) is 38.0. The van der Waals surface area contributed by atoms with Crippen molar-refractivity contribution in [3.63, 3.8) is 0 Å². The molecule has 0 aliphatic heterocycles. The summed E-state index contributed by atoms with van der Waals surface area (Å²) in [6.45, 7) is 13.8. The minimum atomic E-state index is -0.0720. The maximum absolute atomic E-state index is 11.7. The fourth-order valence-corrected chi connectivity index (χ4v) is 4.11. The molecule has 0 radical (unpaired) electrons. The second kappa shape index (κ2) is 26.6.